The van der Waals surface area contributed by atoms with Crippen LogP contribution in [0.5, 0.6) is 0 Å². The molecule has 0 N–H and O–H groups in total. The normalized spacial score (nSPS) is 11.5. The van der Waals surface area contributed by atoms with Gasteiger partial charge in [-0.05, 0) is 61.6 Å². The Hall–Kier alpha value is -3.54. The molecule has 0 unspecified atom stereocenters. The molecule has 0 heterocycles. The fourth-order valence-corrected chi connectivity index (χ4v) is 13.5. The molecule has 0 spiro atoms. The second-order valence-electron chi connectivity index (χ2n) is 28.9. The van der Waals surface area contributed by atoms with Crippen LogP contribution in [0.2, 0.25) is 0 Å². The van der Waals surface area contributed by atoms with E-state index in [4.69, 9.17) is 9.98 Å². The molecule has 0 aliphatic heterocycles. The molecule has 0 atom stereocenters. The van der Waals surface area contributed by atoms with E-state index in [0.29, 0.717) is 5.71 Å². The van der Waals surface area contributed by atoms with Crippen molar-refractivity contribution < 1.29 is 0 Å². The number of hydrogen-bond donors (Lipinski definition) is 0. The van der Waals surface area contributed by atoms with Crippen molar-refractivity contribution in [1.82, 2.24) is 0 Å². The topological polar surface area (TPSA) is 24.7 Å². The molecule has 2 aromatic carbocycles. The van der Waals surface area contributed by atoms with Crippen molar-refractivity contribution in [3.63, 3.8) is 0 Å². The lowest BCUT2D eigenvalue weighted by Gasteiger charge is -2.04. The number of benzene rings is 2. The summed E-state index contributed by atoms with van der Waals surface area (Å²) in [6.07, 6.45) is 96.5. The number of hydrogen-bond acceptors (Lipinski definition) is 2. The summed E-state index contributed by atoms with van der Waals surface area (Å²) in [4.78, 5) is 9.97. The molecule has 93 heavy (non-hydrogen) atoms. The van der Waals surface area contributed by atoms with Gasteiger partial charge in [-0.1, -0.05) is 461 Å². The molecule has 2 rings (SSSR count). The van der Waals surface area contributed by atoms with Crippen LogP contribution < -0.4 is 0 Å². The first-order valence-electron chi connectivity index (χ1n) is 42.0. The van der Waals surface area contributed by atoms with Crippen LogP contribution in [0.25, 0.3) is 0 Å². The smallest absolute Gasteiger partial charge is 0.132 e. The Bertz CT molecular complexity index is 2120. The molecule has 0 aromatic heterocycles. The SMILES string of the molecule is CCCCCCCCCCCCCCCCCC#CC(C=Nc1cccc(C#CCCCCCCCCCCCCCCCCCCCCCCCCCCC)c1)=Nc1cccc(C#CCCCCCCCCCCCCCCCCCCCCCCCCCCC)c1. The van der Waals surface area contributed by atoms with Crippen LogP contribution in [-0.4, -0.2) is 11.9 Å². The van der Waals surface area contributed by atoms with Crippen molar-refractivity contribution in [3.05, 3.63) is 59.7 Å². The van der Waals surface area contributed by atoms with Crippen molar-refractivity contribution in [1.29, 1.82) is 0 Å². The van der Waals surface area contributed by atoms with Gasteiger partial charge in [0.05, 0.1) is 17.6 Å². The number of rotatable bonds is 68. The zero-order valence-corrected chi connectivity index (χ0v) is 62.7. The van der Waals surface area contributed by atoms with E-state index >= 15 is 0 Å². The standard InChI is InChI=1S/C91H154N2/c1-4-7-10-13-16-19-22-25-28-31-33-35-37-39-41-43-45-47-49-52-54-57-60-63-66-69-72-77-87-79-75-82-89(84-87)92-86-91(81-74-71-68-65-62-59-56-51-30-27-24-21-18-15-12-9-6-3)93-90-83-76-80-88(85-90)78-73-70-67-64-61-58-55-53-50-48-46-44-42-40-38-36-34-32-29-26-23-20-17-14-11-8-5-2/h75-76,79-80,82-86H,4-71H2,1-3H3. The predicted molar refractivity (Wildman–Crippen MR) is 421 cm³/mol. The fraction of sp³-hybridized carbons (Fsp3) is 0.780. The van der Waals surface area contributed by atoms with Crippen molar-refractivity contribution in [3.8, 4) is 35.5 Å². The Morgan fingerprint density at radius 2 is 0.473 bits per heavy atom. The van der Waals surface area contributed by atoms with Crippen molar-refractivity contribution in [2.75, 3.05) is 0 Å². The average Bonchev–Trinajstić information content (AvgIpc) is 2.54. The first-order valence-corrected chi connectivity index (χ1v) is 42.0. The van der Waals surface area contributed by atoms with Gasteiger partial charge in [-0.25, -0.2) is 4.99 Å². The van der Waals surface area contributed by atoms with Gasteiger partial charge in [0, 0.05) is 30.4 Å². The minimum absolute atomic E-state index is 0.693. The molecule has 2 heteroatoms. The van der Waals surface area contributed by atoms with E-state index in [1.54, 1.807) is 0 Å². The van der Waals surface area contributed by atoms with Gasteiger partial charge in [-0.15, -0.1) is 0 Å². The second kappa shape index (κ2) is 72.7. The molecule has 0 amide bonds. The van der Waals surface area contributed by atoms with Gasteiger partial charge in [-0.2, -0.15) is 0 Å². The quantitative estimate of drug-likeness (QED) is 0.0358. The monoisotopic (exact) mass is 1280 g/mol. The van der Waals surface area contributed by atoms with Crippen LogP contribution in [0.15, 0.2) is 58.5 Å². The van der Waals surface area contributed by atoms with E-state index in [1.807, 2.05) is 6.21 Å². The molecular formula is C91H154N2. The summed E-state index contributed by atoms with van der Waals surface area (Å²) in [7, 11) is 0. The zero-order valence-electron chi connectivity index (χ0n) is 62.7. The molecule has 0 aliphatic rings. The third-order valence-electron chi connectivity index (χ3n) is 19.7. The van der Waals surface area contributed by atoms with Crippen LogP contribution in [0.1, 0.15) is 469 Å². The summed E-state index contributed by atoms with van der Waals surface area (Å²) >= 11 is 0. The summed E-state index contributed by atoms with van der Waals surface area (Å²) in [5, 5.41) is 0. The van der Waals surface area contributed by atoms with Gasteiger partial charge >= 0.3 is 0 Å². The van der Waals surface area contributed by atoms with Gasteiger partial charge in [0.2, 0.25) is 0 Å². The van der Waals surface area contributed by atoms with Crippen molar-refractivity contribution in [2.45, 2.75) is 457 Å². The van der Waals surface area contributed by atoms with Gasteiger partial charge in [0.1, 0.15) is 5.71 Å². The van der Waals surface area contributed by atoms with E-state index in [9.17, 15) is 0 Å². The first-order chi connectivity index (χ1) is 46.2. The highest BCUT2D eigenvalue weighted by Gasteiger charge is 2.03. The molecule has 2 aromatic rings. The lowest BCUT2D eigenvalue weighted by atomic mass is 10.0. The Morgan fingerprint density at radius 1 is 0.258 bits per heavy atom. The predicted octanol–water partition coefficient (Wildman–Crippen LogP) is 31.5. The largest absolute Gasteiger partial charge is 0.254 e. The summed E-state index contributed by atoms with van der Waals surface area (Å²) in [6.45, 7) is 6.93. The maximum atomic E-state index is 5.06. The van der Waals surface area contributed by atoms with Gasteiger partial charge in [-0.3, -0.25) is 4.99 Å². The Kier molecular flexibility index (Phi) is 66.9. The lowest BCUT2D eigenvalue weighted by molar-refractivity contribution is 0.516. The molecule has 0 fully saturated rings. The zero-order chi connectivity index (χ0) is 66.0. The Balaban J connectivity index is 1.68. The van der Waals surface area contributed by atoms with Crippen molar-refractivity contribution in [2.24, 2.45) is 9.98 Å². The molecule has 2 nitrogen and oxygen atoms in total. The van der Waals surface area contributed by atoms with Crippen LogP contribution in [0, 0.1) is 35.5 Å². The number of nitrogens with zero attached hydrogens (tertiary/aromatic N) is 2. The molecule has 0 saturated carbocycles. The molecule has 0 radical (unpaired) electrons. The summed E-state index contributed by atoms with van der Waals surface area (Å²) in [5.41, 5.74) is 4.50. The van der Waals surface area contributed by atoms with Gasteiger partial charge in [0.15, 0.2) is 0 Å². The Labute approximate surface area is 582 Å². The van der Waals surface area contributed by atoms with E-state index in [-0.39, 0.29) is 0 Å². The maximum Gasteiger partial charge on any atom is 0.132 e. The highest BCUT2D eigenvalue weighted by atomic mass is 14.8. The minimum atomic E-state index is 0.693. The van der Waals surface area contributed by atoms with Crippen LogP contribution in [0.4, 0.5) is 11.4 Å². The minimum Gasteiger partial charge on any atom is -0.254 e. The number of unbranched alkanes of at least 4 members (excludes halogenated alkanes) is 65. The summed E-state index contributed by atoms with van der Waals surface area (Å²) in [6, 6.07) is 16.7. The Morgan fingerprint density at radius 3 is 0.731 bits per heavy atom. The highest BCUT2D eigenvalue weighted by Crippen LogP contribution is 2.22. The van der Waals surface area contributed by atoms with Crippen LogP contribution in [-0.2, 0) is 0 Å². The molecule has 528 valence electrons. The van der Waals surface area contributed by atoms with Crippen LogP contribution >= 0.6 is 0 Å². The van der Waals surface area contributed by atoms with Gasteiger partial charge in [0.25, 0.3) is 0 Å². The van der Waals surface area contributed by atoms with Crippen molar-refractivity contribution >= 4 is 23.3 Å². The third-order valence-corrected chi connectivity index (χ3v) is 19.7. The average molecular weight is 1280 g/mol. The van der Waals surface area contributed by atoms with E-state index in [1.165, 1.54) is 411 Å². The molecule has 0 aliphatic carbocycles. The molecular weight excluding hydrogens is 1120 g/mol. The summed E-state index contributed by atoms with van der Waals surface area (Å²) in [5.74, 6) is 20.7. The molecule has 0 saturated heterocycles. The first kappa shape index (κ1) is 85.5. The maximum absolute atomic E-state index is 5.06. The highest BCUT2D eigenvalue weighted by molar-refractivity contribution is 6.39. The van der Waals surface area contributed by atoms with E-state index in [2.05, 4.69) is 105 Å². The van der Waals surface area contributed by atoms with E-state index < -0.39 is 0 Å². The second-order valence-corrected chi connectivity index (χ2v) is 28.9. The molecule has 0 bridgehead atoms. The third kappa shape index (κ3) is 63.0. The summed E-state index contributed by atoms with van der Waals surface area (Å²) < 4.78 is 0. The van der Waals surface area contributed by atoms with E-state index in [0.717, 1.165) is 48.2 Å². The van der Waals surface area contributed by atoms with Crippen LogP contribution in [0.3, 0.4) is 0 Å². The lowest BCUT2D eigenvalue weighted by Crippen LogP contribution is -1.95. The number of aliphatic imine (C=N–C) groups is 2. The fourth-order valence-electron chi connectivity index (χ4n) is 13.5. The van der Waals surface area contributed by atoms with Gasteiger partial charge < -0.3 is 0 Å².